The largest absolute Gasteiger partial charge is 0.332 e. The number of fused-ring (bicyclic) bond motifs is 1. The molecule has 0 aliphatic rings. The maximum absolute atomic E-state index is 11.3. The normalized spacial score (nSPS) is 11.0. The molecular weight excluding hydrogens is 308 g/mol. The average Bonchev–Trinajstić information content (AvgIpc) is 3.14. The standard InChI is InChI=1S/C17H14N4OS/c1-10-2-5-12(6-3-10)18-17-21-15(9-23-17)11-4-7-13-14(8-11)20-16(22)19-13/h2-9H,1H3,(H,18,21)(H2,19,20,22). The fraction of sp³-hybridized carbons (Fsp3) is 0.0588. The summed E-state index contributed by atoms with van der Waals surface area (Å²) in [7, 11) is 0. The zero-order chi connectivity index (χ0) is 15.8. The van der Waals surface area contributed by atoms with Gasteiger partial charge in [-0.3, -0.25) is 0 Å². The van der Waals surface area contributed by atoms with Crippen molar-refractivity contribution in [1.29, 1.82) is 0 Å². The Labute approximate surface area is 136 Å². The number of hydrogen-bond donors (Lipinski definition) is 3. The van der Waals surface area contributed by atoms with Crippen molar-refractivity contribution in [1.82, 2.24) is 15.0 Å². The lowest BCUT2D eigenvalue weighted by Crippen LogP contribution is -1.99. The number of benzene rings is 2. The van der Waals surface area contributed by atoms with Gasteiger partial charge in [0.05, 0.1) is 16.7 Å². The first kappa shape index (κ1) is 13.8. The highest BCUT2D eigenvalue weighted by molar-refractivity contribution is 7.14. The smallest absolute Gasteiger partial charge is 0.323 e. The highest BCUT2D eigenvalue weighted by Crippen LogP contribution is 2.28. The van der Waals surface area contributed by atoms with E-state index in [1.165, 1.54) is 5.56 Å². The molecule has 3 N–H and O–H groups in total. The third kappa shape index (κ3) is 2.76. The van der Waals surface area contributed by atoms with Gasteiger partial charge in [-0.2, -0.15) is 0 Å². The molecule has 0 radical (unpaired) electrons. The molecule has 23 heavy (non-hydrogen) atoms. The summed E-state index contributed by atoms with van der Waals surface area (Å²) in [4.78, 5) is 21.5. The summed E-state index contributed by atoms with van der Waals surface area (Å²) in [5.41, 5.74) is 5.48. The van der Waals surface area contributed by atoms with E-state index in [2.05, 4.69) is 39.3 Å². The molecule has 0 spiro atoms. The van der Waals surface area contributed by atoms with E-state index >= 15 is 0 Å². The summed E-state index contributed by atoms with van der Waals surface area (Å²) in [5.74, 6) is 0. The van der Waals surface area contributed by atoms with Gasteiger partial charge in [-0.15, -0.1) is 11.3 Å². The fourth-order valence-electron chi connectivity index (χ4n) is 2.42. The lowest BCUT2D eigenvalue weighted by atomic mass is 10.1. The first-order valence-electron chi connectivity index (χ1n) is 7.19. The number of aromatic amines is 2. The highest BCUT2D eigenvalue weighted by atomic mass is 32.1. The van der Waals surface area contributed by atoms with Crippen molar-refractivity contribution < 1.29 is 0 Å². The van der Waals surface area contributed by atoms with Crippen LogP contribution in [0.2, 0.25) is 0 Å². The van der Waals surface area contributed by atoms with Gasteiger partial charge in [0.25, 0.3) is 0 Å². The number of nitrogens with one attached hydrogen (secondary N) is 3. The van der Waals surface area contributed by atoms with Crippen LogP contribution in [0.25, 0.3) is 22.3 Å². The second-order valence-corrected chi connectivity index (χ2v) is 6.23. The van der Waals surface area contributed by atoms with Gasteiger partial charge in [-0.05, 0) is 31.2 Å². The molecular formula is C17H14N4OS. The van der Waals surface area contributed by atoms with E-state index in [1.807, 2.05) is 35.7 Å². The van der Waals surface area contributed by atoms with Crippen LogP contribution in [0.1, 0.15) is 5.56 Å². The molecule has 0 unspecified atom stereocenters. The van der Waals surface area contributed by atoms with Crippen LogP contribution in [-0.4, -0.2) is 15.0 Å². The first-order chi connectivity index (χ1) is 11.2. The number of H-pyrrole nitrogens is 2. The molecule has 2 heterocycles. The summed E-state index contributed by atoms with van der Waals surface area (Å²) in [5, 5.41) is 6.15. The van der Waals surface area contributed by atoms with Crippen LogP contribution in [0.5, 0.6) is 0 Å². The summed E-state index contributed by atoms with van der Waals surface area (Å²) in [6, 6.07) is 14.0. The second-order valence-electron chi connectivity index (χ2n) is 5.37. The Hall–Kier alpha value is -2.86. The Kier molecular flexibility index (Phi) is 3.24. The molecule has 6 heteroatoms. The van der Waals surface area contributed by atoms with Crippen LogP contribution in [0.15, 0.2) is 52.6 Å². The van der Waals surface area contributed by atoms with Gasteiger partial charge in [0.15, 0.2) is 5.13 Å². The summed E-state index contributed by atoms with van der Waals surface area (Å²) < 4.78 is 0. The lowest BCUT2D eigenvalue weighted by molar-refractivity contribution is 1.21. The Morgan fingerprint density at radius 3 is 2.65 bits per heavy atom. The Morgan fingerprint density at radius 1 is 1.04 bits per heavy atom. The number of aromatic nitrogens is 3. The van der Waals surface area contributed by atoms with E-state index in [4.69, 9.17) is 0 Å². The van der Waals surface area contributed by atoms with Crippen molar-refractivity contribution in [3.05, 3.63) is 63.9 Å². The lowest BCUT2D eigenvalue weighted by Gasteiger charge is -2.02. The first-order valence-corrected chi connectivity index (χ1v) is 8.07. The van der Waals surface area contributed by atoms with Crippen LogP contribution in [-0.2, 0) is 0 Å². The van der Waals surface area contributed by atoms with E-state index in [9.17, 15) is 4.79 Å². The minimum atomic E-state index is -0.197. The molecule has 114 valence electrons. The van der Waals surface area contributed by atoms with E-state index in [0.29, 0.717) is 0 Å². The SMILES string of the molecule is Cc1ccc(Nc2nc(-c3ccc4[nH]c(=O)[nH]c4c3)cs2)cc1. The van der Waals surface area contributed by atoms with Crippen LogP contribution in [0.3, 0.4) is 0 Å². The Bertz CT molecular complexity index is 1030. The molecule has 2 aromatic carbocycles. The molecule has 2 aromatic heterocycles. The summed E-state index contributed by atoms with van der Waals surface area (Å²) in [6.45, 7) is 2.06. The molecule has 0 aliphatic carbocycles. The highest BCUT2D eigenvalue weighted by Gasteiger charge is 2.07. The van der Waals surface area contributed by atoms with Crippen molar-refractivity contribution in [2.45, 2.75) is 6.92 Å². The van der Waals surface area contributed by atoms with Crippen LogP contribution < -0.4 is 11.0 Å². The van der Waals surface area contributed by atoms with Crippen LogP contribution in [0, 0.1) is 6.92 Å². The molecule has 0 bridgehead atoms. The fourth-order valence-corrected chi connectivity index (χ4v) is 3.16. The number of aryl methyl sites for hydroxylation is 1. The van der Waals surface area contributed by atoms with E-state index in [1.54, 1.807) is 11.3 Å². The maximum atomic E-state index is 11.3. The third-order valence-corrected chi connectivity index (χ3v) is 4.38. The Morgan fingerprint density at radius 2 is 1.83 bits per heavy atom. The predicted octanol–water partition coefficient (Wildman–Crippen LogP) is 4.03. The van der Waals surface area contributed by atoms with E-state index in [0.717, 1.165) is 33.1 Å². The molecule has 0 saturated carbocycles. The van der Waals surface area contributed by atoms with Gasteiger partial charge in [-0.1, -0.05) is 23.8 Å². The van der Waals surface area contributed by atoms with Crippen molar-refractivity contribution in [3.8, 4) is 11.3 Å². The summed E-state index contributed by atoms with van der Waals surface area (Å²) in [6.07, 6.45) is 0. The molecule has 0 aliphatic heterocycles. The van der Waals surface area contributed by atoms with E-state index < -0.39 is 0 Å². The van der Waals surface area contributed by atoms with Gasteiger partial charge in [0.2, 0.25) is 0 Å². The van der Waals surface area contributed by atoms with Gasteiger partial charge < -0.3 is 15.3 Å². The van der Waals surface area contributed by atoms with Gasteiger partial charge >= 0.3 is 5.69 Å². The number of imidazole rings is 1. The zero-order valence-corrected chi connectivity index (χ0v) is 13.2. The third-order valence-electron chi connectivity index (χ3n) is 3.62. The molecule has 0 saturated heterocycles. The molecule has 5 nitrogen and oxygen atoms in total. The van der Waals surface area contributed by atoms with Gasteiger partial charge in [0.1, 0.15) is 0 Å². The van der Waals surface area contributed by atoms with Crippen molar-refractivity contribution in [2.75, 3.05) is 5.32 Å². The predicted molar refractivity (Wildman–Crippen MR) is 94.5 cm³/mol. The number of hydrogen-bond acceptors (Lipinski definition) is 4. The topological polar surface area (TPSA) is 73.6 Å². The van der Waals surface area contributed by atoms with Crippen molar-refractivity contribution in [3.63, 3.8) is 0 Å². The summed E-state index contributed by atoms with van der Waals surface area (Å²) >= 11 is 1.55. The Balaban J connectivity index is 1.63. The minimum Gasteiger partial charge on any atom is -0.332 e. The van der Waals surface area contributed by atoms with Crippen LogP contribution in [0.4, 0.5) is 10.8 Å². The van der Waals surface area contributed by atoms with Gasteiger partial charge in [-0.25, -0.2) is 9.78 Å². The molecule has 0 atom stereocenters. The van der Waals surface area contributed by atoms with Crippen LogP contribution >= 0.6 is 11.3 Å². The average molecular weight is 322 g/mol. The molecule has 0 amide bonds. The quantitative estimate of drug-likeness (QED) is 0.533. The number of anilines is 2. The minimum absolute atomic E-state index is 0.197. The van der Waals surface area contributed by atoms with Gasteiger partial charge in [0, 0.05) is 16.6 Å². The molecule has 4 rings (SSSR count). The number of thiazole rings is 1. The molecule has 4 aromatic rings. The number of nitrogens with zero attached hydrogens (tertiary/aromatic N) is 1. The monoisotopic (exact) mass is 322 g/mol. The second kappa shape index (κ2) is 5.40. The van der Waals surface area contributed by atoms with Crippen molar-refractivity contribution >= 4 is 33.2 Å². The van der Waals surface area contributed by atoms with Crippen molar-refractivity contribution in [2.24, 2.45) is 0 Å². The number of rotatable bonds is 3. The van der Waals surface area contributed by atoms with E-state index in [-0.39, 0.29) is 5.69 Å². The zero-order valence-electron chi connectivity index (χ0n) is 12.4. The molecule has 0 fully saturated rings. The maximum Gasteiger partial charge on any atom is 0.323 e.